The predicted molar refractivity (Wildman–Crippen MR) is 140 cm³/mol. The predicted octanol–water partition coefficient (Wildman–Crippen LogP) is 6.70. The molecule has 4 atom stereocenters. The van der Waals surface area contributed by atoms with Gasteiger partial charge in [0.15, 0.2) is 18.9 Å². The van der Waals surface area contributed by atoms with Gasteiger partial charge in [-0.2, -0.15) is 0 Å². The zero-order valence-corrected chi connectivity index (χ0v) is 23.4. The Balaban J connectivity index is 1.71. The fraction of sp³-hybridized carbons (Fsp3) is 1.00. The average Bonchev–Trinajstić information content (AvgIpc) is 2.79. The summed E-state index contributed by atoms with van der Waals surface area (Å²) in [5.41, 5.74) is 0.107. The van der Waals surface area contributed by atoms with Gasteiger partial charge in [0, 0.05) is 18.6 Å². The summed E-state index contributed by atoms with van der Waals surface area (Å²) in [7, 11) is 0. The zero-order chi connectivity index (χ0) is 25.7. The van der Waals surface area contributed by atoms with Gasteiger partial charge in [0.25, 0.3) is 0 Å². The van der Waals surface area contributed by atoms with E-state index in [0.29, 0.717) is 5.41 Å². The second kappa shape index (κ2) is 15.9. The Morgan fingerprint density at radius 2 is 1.14 bits per heavy atom. The minimum Gasteiger partial charge on any atom is -0.393 e. The Bertz CT molecular complexity index is 514. The fourth-order valence-electron chi connectivity index (χ4n) is 4.97. The summed E-state index contributed by atoms with van der Waals surface area (Å²) in [4.78, 5) is 0. The summed E-state index contributed by atoms with van der Waals surface area (Å²) < 4.78 is 24.4. The van der Waals surface area contributed by atoms with E-state index in [1.54, 1.807) is 0 Å². The molecule has 2 aliphatic rings. The van der Waals surface area contributed by atoms with Gasteiger partial charge >= 0.3 is 0 Å². The molecule has 0 aliphatic carbocycles. The monoisotopic (exact) mass is 500 g/mol. The second-order valence-corrected chi connectivity index (χ2v) is 12.8. The molecule has 6 heteroatoms. The van der Waals surface area contributed by atoms with Crippen molar-refractivity contribution in [2.75, 3.05) is 13.2 Å². The average molecular weight is 501 g/mol. The number of hydrogen-bond acceptors (Lipinski definition) is 6. The Kier molecular flexibility index (Phi) is 14.1. The van der Waals surface area contributed by atoms with Crippen LogP contribution >= 0.6 is 0 Å². The van der Waals surface area contributed by atoms with E-state index in [9.17, 15) is 10.2 Å². The van der Waals surface area contributed by atoms with Gasteiger partial charge in [-0.25, -0.2) is 0 Å². The van der Waals surface area contributed by atoms with Crippen LogP contribution in [0.5, 0.6) is 0 Å². The van der Waals surface area contributed by atoms with Crippen LogP contribution in [0.1, 0.15) is 131 Å². The van der Waals surface area contributed by atoms with Crippen molar-refractivity contribution in [3.05, 3.63) is 0 Å². The van der Waals surface area contributed by atoms with E-state index in [1.165, 1.54) is 0 Å². The normalized spacial score (nSPS) is 24.8. The summed E-state index contributed by atoms with van der Waals surface area (Å²) in [6.45, 7) is 12.6. The lowest BCUT2D eigenvalue weighted by Crippen LogP contribution is -2.42. The molecule has 0 aromatic carbocycles. The highest BCUT2D eigenvalue weighted by Crippen LogP contribution is 2.35. The molecule has 2 N–H and O–H groups in total. The van der Waals surface area contributed by atoms with Gasteiger partial charge in [-0.05, 0) is 88.9 Å². The van der Waals surface area contributed by atoms with Crippen molar-refractivity contribution < 1.29 is 29.2 Å². The maximum atomic E-state index is 10.5. The smallest absolute Gasteiger partial charge is 0.168 e. The van der Waals surface area contributed by atoms with Gasteiger partial charge < -0.3 is 29.2 Å². The van der Waals surface area contributed by atoms with Crippen molar-refractivity contribution in [1.29, 1.82) is 0 Å². The topological polar surface area (TPSA) is 77.4 Å². The van der Waals surface area contributed by atoms with E-state index >= 15 is 0 Å². The molecular formula is C29H56O6. The molecule has 2 heterocycles. The third-order valence-corrected chi connectivity index (χ3v) is 7.36. The third kappa shape index (κ3) is 13.8. The molecule has 2 fully saturated rings. The first kappa shape index (κ1) is 31.0. The van der Waals surface area contributed by atoms with E-state index in [0.717, 1.165) is 110 Å². The van der Waals surface area contributed by atoms with Crippen LogP contribution in [-0.4, -0.2) is 54.5 Å². The lowest BCUT2D eigenvalue weighted by molar-refractivity contribution is -0.332. The van der Waals surface area contributed by atoms with E-state index < -0.39 is 6.29 Å². The summed E-state index contributed by atoms with van der Waals surface area (Å²) in [6.07, 6.45) is 12.9. The molecule has 0 aromatic heterocycles. The molecular weight excluding hydrogens is 444 g/mol. The second-order valence-electron chi connectivity index (χ2n) is 12.8. The van der Waals surface area contributed by atoms with Crippen molar-refractivity contribution in [1.82, 2.24) is 0 Å². The van der Waals surface area contributed by atoms with E-state index in [-0.39, 0.29) is 30.2 Å². The summed E-state index contributed by atoms with van der Waals surface area (Å²) in [6, 6.07) is 0. The van der Waals surface area contributed by atoms with Crippen molar-refractivity contribution in [2.45, 2.75) is 162 Å². The Hall–Kier alpha value is -0.240. The summed E-state index contributed by atoms with van der Waals surface area (Å²) in [5.74, 6) is 0. The lowest BCUT2D eigenvalue weighted by Gasteiger charge is -2.39. The standard InChI is InChI=1S/C29H56O6/c1-28(2,3)19-11-15-23(30)13-10-14-24(31)16-12-20-29(4,5)27(34-25-17-6-8-21-32-25)35-26-18-7-9-22-33-26/h23-27,30-31H,6-22H2,1-5H3. The summed E-state index contributed by atoms with van der Waals surface area (Å²) >= 11 is 0. The van der Waals surface area contributed by atoms with E-state index in [1.807, 2.05) is 0 Å². The molecule has 0 radical (unpaired) electrons. The highest BCUT2D eigenvalue weighted by atomic mass is 16.8. The number of rotatable bonds is 16. The number of ether oxygens (including phenoxy) is 4. The SMILES string of the molecule is CC(C)(C)CCCC(O)CCCC(O)CCCC(C)(C)C(OC1CCCCO1)OC1CCCCO1. The van der Waals surface area contributed by atoms with Crippen molar-refractivity contribution in [3.8, 4) is 0 Å². The number of aliphatic hydroxyl groups is 2. The molecule has 2 aliphatic heterocycles. The fourth-order valence-corrected chi connectivity index (χ4v) is 4.97. The van der Waals surface area contributed by atoms with Crippen LogP contribution in [0.15, 0.2) is 0 Å². The maximum Gasteiger partial charge on any atom is 0.168 e. The van der Waals surface area contributed by atoms with Gasteiger partial charge in [0.2, 0.25) is 0 Å². The van der Waals surface area contributed by atoms with Crippen LogP contribution in [-0.2, 0) is 18.9 Å². The molecule has 6 nitrogen and oxygen atoms in total. The van der Waals surface area contributed by atoms with Crippen LogP contribution in [0.3, 0.4) is 0 Å². The first-order valence-electron chi connectivity index (χ1n) is 14.5. The van der Waals surface area contributed by atoms with Gasteiger partial charge in [-0.1, -0.05) is 47.5 Å². The van der Waals surface area contributed by atoms with Crippen molar-refractivity contribution >= 4 is 0 Å². The molecule has 2 rings (SSSR count). The van der Waals surface area contributed by atoms with Crippen LogP contribution in [0.25, 0.3) is 0 Å². The highest BCUT2D eigenvalue weighted by molar-refractivity contribution is 4.76. The van der Waals surface area contributed by atoms with Gasteiger partial charge in [-0.3, -0.25) is 0 Å². The molecule has 2 saturated heterocycles. The summed E-state index contributed by atoms with van der Waals surface area (Å²) in [5, 5.41) is 20.8. The molecule has 35 heavy (non-hydrogen) atoms. The molecule has 0 bridgehead atoms. The molecule has 0 spiro atoms. The quantitative estimate of drug-likeness (QED) is 0.230. The lowest BCUT2D eigenvalue weighted by atomic mass is 9.85. The van der Waals surface area contributed by atoms with Crippen molar-refractivity contribution in [2.24, 2.45) is 10.8 Å². The van der Waals surface area contributed by atoms with Gasteiger partial charge in [0.1, 0.15) is 0 Å². The van der Waals surface area contributed by atoms with Crippen LogP contribution in [0.4, 0.5) is 0 Å². The minimum absolute atomic E-state index is 0.211. The Morgan fingerprint density at radius 3 is 1.57 bits per heavy atom. The third-order valence-electron chi connectivity index (χ3n) is 7.36. The molecule has 208 valence electrons. The Labute approximate surface area is 215 Å². The minimum atomic E-state index is -0.394. The largest absolute Gasteiger partial charge is 0.393 e. The van der Waals surface area contributed by atoms with Gasteiger partial charge in [-0.15, -0.1) is 0 Å². The van der Waals surface area contributed by atoms with E-state index in [2.05, 4.69) is 34.6 Å². The van der Waals surface area contributed by atoms with Crippen LogP contribution in [0.2, 0.25) is 0 Å². The van der Waals surface area contributed by atoms with E-state index in [4.69, 9.17) is 18.9 Å². The molecule has 0 saturated carbocycles. The number of hydrogen-bond donors (Lipinski definition) is 2. The van der Waals surface area contributed by atoms with Crippen molar-refractivity contribution in [3.63, 3.8) is 0 Å². The highest BCUT2D eigenvalue weighted by Gasteiger charge is 2.36. The van der Waals surface area contributed by atoms with Crippen LogP contribution in [0, 0.1) is 10.8 Å². The molecule has 0 amide bonds. The first-order chi connectivity index (χ1) is 16.5. The van der Waals surface area contributed by atoms with Crippen LogP contribution < -0.4 is 0 Å². The maximum absolute atomic E-state index is 10.5. The molecule has 0 aromatic rings. The Morgan fingerprint density at radius 1 is 0.686 bits per heavy atom. The number of aliphatic hydroxyl groups excluding tert-OH is 2. The first-order valence-corrected chi connectivity index (χ1v) is 14.5. The molecule has 4 unspecified atom stereocenters. The van der Waals surface area contributed by atoms with Gasteiger partial charge in [0.05, 0.1) is 12.2 Å². The zero-order valence-electron chi connectivity index (χ0n) is 23.4.